The first-order valence-corrected chi connectivity index (χ1v) is 7.63. The van der Waals surface area contributed by atoms with Gasteiger partial charge in [-0.15, -0.1) is 24.2 Å². The summed E-state index contributed by atoms with van der Waals surface area (Å²) in [5.74, 6) is 0.781. The van der Waals surface area contributed by atoms with Crippen molar-refractivity contribution in [3.63, 3.8) is 0 Å². The number of aryl methyl sites for hydroxylation is 1. The Bertz CT molecular complexity index is 542. The minimum Gasteiger partial charge on any atom is -0.397 e. The summed E-state index contributed by atoms with van der Waals surface area (Å²) in [6.07, 6.45) is 0. The summed E-state index contributed by atoms with van der Waals surface area (Å²) < 4.78 is 0.849. The molecule has 1 fully saturated rings. The lowest BCUT2D eigenvalue weighted by Crippen LogP contribution is -2.34. The van der Waals surface area contributed by atoms with Crippen LogP contribution in [0.2, 0.25) is 0 Å². The fourth-order valence-electron chi connectivity index (χ4n) is 1.76. The summed E-state index contributed by atoms with van der Waals surface area (Å²) in [6.45, 7) is 1.94. The Morgan fingerprint density at radius 3 is 2.85 bits per heavy atom. The van der Waals surface area contributed by atoms with Crippen LogP contribution in [0.4, 0.5) is 11.4 Å². The van der Waals surface area contributed by atoms with E-state index in [0.717, 1.165) is 10.0 Å². The number of nitrogen functional groups attached to an aromatic ring is 1. The van der Waals surface area contributed by atoms with Crippen molar-refractivity contribution in [1.29, 1.82) is 0 Å². The first-order valence-electron chi connectivity index (χ1n) is 5.68. The van der Waals surface area contributed by atoms with Crippen molar-refractivity contribution in [2.24, 2.45) is 0 Å². The van der Waals surface area contributed by atoms with Crippen LogP contribution in [0.3, 0.4) is 0 Å². The minimum absolute atomic E-state index is 0. The van der Waals surface area contributed by atoms with Gasteiger partial charge in [0, 0.05) is 4.47 Å². The Hall–Kier alpha value is -0.920. The van der Waals surface area contributed by atoms with Crippen molar-refractivity contribution in [3.8, 4) is 0 Å². The molecule has 1 aromatic rings. The predicted octanol–water partition coefficient (Wildman–Crippen LogP) is 2.23. The van der Waals surface area contributed by atoms with E-state index in [1.54, 1.807) is 6.07 Å². The highest BCUT2D eigenvalue weighted by Gasteiger charge is 2.23. The van der Waals surface area contributed by atoms with Gasteiger partial charge in [-0.25, -0.2) is 0 Å². The smallest absolute Gasteiger partial charge is 0.244 e. The predicted molar refractivity (Wildman–Crippen MR) is 88.2 cm³/mol. The second-order valence-electron chi connectivity index (χ2n) is 4.30. The van der Waals surface area contributed by atoms with E-state index in [1.807, 2.05) is 13.0 Å². The van der Waals surface area contributed by atoms with Gasteiger partial charge >= 0.3 is 0 Å². The number of amides is 2. The third-order valence-corrected chi connectivity index (χ3v) is 4.19. The highest BCUT2D eigenvalue weighted by molar-refractivity contribution is 9.10. The van der Waals surface area contributed by atoms with Crippen molar-refractivity contribution >= 4 is 63.3 Å². The van der Waals surface area contributed by atoms with E-state index < -0.39 is 0 Å². The van der Waals surface area contributed by atoms with Gasteiger partial charge < -0.3 is 16.0 Å². The quantitative estimate of drug-likeness (QED) is 0.789. The molecule has 1 saturated heterocycles. The molecule has 0 radical (unpaired) electrons. The van der Waals surface area contributed by atoms with E-state index in [9.17, 15) is 9.59 Å². The maximum Gasteiger partial charge on any atom is 0.244 e. The van der Waals surface area contributed by atoms with Crippen molar-refractivity contribution < 1.29 is 9.59 Å². The number of thioether (sulfide) groups is 1. The van der Waals surface area contributed by atoms with Crippen LogP contribution < -0.4 is 11.1 Å². The summed E-state index contributed by atoms with van der Waals surface area (Å²) >= 11 is 4.87. The zero-order valence-electron chi connectivity index (χ0n) is 10.8. The second kappa shape index (κ2) is 7.19. The molecule has 1 aliphatic heterocycles. The van der Waals surface area contributed by atoms with Crippen LogP contribution in [0.25, 0.3) is 0 Å². The van der Waals surface area contributed by atoms with E-state index in [-0.39, 0.29) is 30.8 Å². The highest BCUT2D eigenvalue weighted by Crippen LogP contribution is 2.27. The average Bonchev–Trinajstić information content (AvgIpc) is 2.71. The maximum absolute atomic E-state index is 11.9. The molecule has 0 spiro atoms. The lowest BCUT2D eigenvalue weighted by molar-refractivity contribution is -0.130. The summed E-state index contributed by atoms with van der Waals surface area (Å²) in [5.41, 5.74) is 7.91. The molecule has 5 nitrogen and oxygen atoms in total. The SMILES string of the molecule is Cc1cc(Br)cc(NC(=O)CN2CSCC2=O)c1N.Cl. The topological polar surface area (TPSA) is 75.4 Å². The van der Waals surface area contributed by atoms with Gasteiger partial charge in [0.05, 0.1) is 23.0 Å². The molecule has 1 aromatic carbocycles. The molecule has 0 bridgehead atoms. The number of anilines is 2. The van der Waals surface area contributed by atoms with Gasteiger partial charge in [0.25, 0.3) is 0 Å². The van der Waals surface area contributed by atoms with E-state index in [1.165, 1.54) is 16.7 Å². The lowest BCUT2D eigenvalue weighted by atomic mass is 10.1. The Labute approximate surface area is 136 Å². The average molecular weight is 381 g/mol. The number of rotatable bonds is 3. The molecule has 0 saturated carbocycles. The fraction of sp³-hybridized carbons (Fsp3) is 0.333. The normalized spacial score (nSPS) is 14.1. The Balaban J connectivity index is 0.00000200. The number of hydrogen-bond donors (Lipinski definition) is 2. The Kier molecular flexibility index (Phi) is 6.16. The molecule has 2 amide bonds. The molecule has 3 N–H and O–H groups in total. The standard InChI is InChI=1S/C12H14BrN3O2S.ClH/c1-7-2-8(13)3-9(12(7)14)15-10(17)4-16-6-19-5-11(16)18;/h2-3H,4-6,14H2,1H3,(H,15,17);1H. The van der Waals surface area contributed by atoms with Crippen LogP contribution in [0.15, 0.2) is 16.6 Å². The van der Waals surface area contributed by atoms with Gasteiger partial charge in [0.1, 0.15) is 6.54 Å². The Morgan fingerprint density at radius 2 is 2.25 bits per heavy atom. The van der Waals surface area contributed by atoms with E-state index in [4.69, 9.17) is 5.73 Å². The first kappa shape index (κ1) is 17.1. The molecule has 2 rings (SSSR count). The van der Waals surface area contributed by atoms with Gasteiger partial charge in [-0.3, -0.25) is 9.59 Å². The van der Waals surface area contributed by atoms with Crippen LogP contribution in [0.5, 0.6) is 0 Å². The second-order valence-corrected chi connectivity index (χ2v) is 6.17. The number of hydrogen-bond acceptors (Lipinski definition) is 4. The number of benzene rings is 1. The third-order valence-electron chi connectivity index (χ3n) is 2.79. The summed E-state index contributed by atoms with van der Waals surface area (Å²) in [4.78, 5) is 24.9. The monoisotopic (exact) mass is 379 g/mol. The molecular weight excluding hydrogens is 366 g/mol. The first-order chi connectivity index (χ1) is 8.97. The maximum atomic E-state index is 11.9. The van der Waals surface area contributed by atoms with Gasteiger partial charge in [0.15, 0.2) is 0 Å². The van der Waals surface area contributed by atoms with Gasteiger partial charge in [0.2, 0.25) is 11.8 Å². The molecule has 110 valence electrons. The highest BCUT2D eigenvalue weighted by atomic mass is 79.9. The van der Waals surface area contributed by atoms with E-state index >= 15 is 0 Å². The van der Waals surface area contributed by atoms with Gasteiger partial charge in [-0.2, -0.15) is 0 Å². The van der Waals surface area contributed by atoms with Crippen molar-refractivity contribution in [3.05, 3.63) is 22.2 Å². The number of halogens is 2. The Morgan fingerprint density at radius 1 is 1.55 bits per heavy atom. The zero-order valence-corrected chi connectivity index (χ0v) is 14.0. The largest absolute Gasteiger partial charge is 0.397 e. The summed E-state index contributed by atoms with van der Waals surface area (Å²) in [5, 5.41) is 2.74. The van der Waals surface area contributed by atoms with Crippen LogP contribution >= 0.6 is 40.1 Å². The van der Waals surface area contributed by atoms with E-state index in [0.29, 0.717) is 23.0 Å². The number of nitrogens with zero attached hydrogens (tertiary/aromatic N) is 1. The lowest BCUT2D eigenvalue weighted by Gasteiger charge is -2.16. The van der Waals surface area contributed by atoms with Crippen LogP contribution in [0.1, 0.15) is 5.56 Å². The molecule has 20 heavy (non-hydrogen) atoms. The molecule has 0 atom stereocenters. The molecule has 1 aliphatic rings. The van der Waals surface area contributed by atoms with Crippen molar-refractivity contribution in [2.45, 2.75) is 6.92 Å². The van der Waals surface area contributed by atoms with Crippen LogP contribution in [-0.2, 0) is 9.59 Å². The molecule has 8 heteroatoms. The minimum atomic E-state index is -0.236. The molecular formula is C12H15BrClN3O2S. The van der Waals surface area contributed by atoms with Crippen molar-refractivity contribution in [1.82, 2.24) is 4.90 Å². The molecule has 1 heterocycles. The van der Waals surface area contributed by atoms with Gasteiger partial charge in [-0.05, 0) is 24.6 Å². The molecule has 0 aromatic heterocycles. The molecule has 0 unspecified atom stereocenters. The molecule has 0 aliphatic carbocycles. The zero-order chi connectivity index (χ0) is 14.0. The summed E-state index contributed by atoms with van der Waals surface area (Å²) in [7, 11) is 0. The summed E-state index contributed by atoms with van der Waals surface area (Å²) in [6, 6.07) is 3.63. The number of carbonyl (C=O) groups excluding carboxylic acids is 2. The number of nitrogens with two attached hydrogens (primary N) is 1. The number of nitrogens with one attached hydrogen (secondary N) is 1. The van der Waals surface area contributed by atoms with Crippen LogP contribution in [-0.4, -0.2) is 34.9 Å². The van der Waals surface area contributed by atoms with Crippen LogP contribution in [0, 0.1) is 6.92 Å². The van der Waals surface area contributed by atoms with E-state index in [2.05, 4.69) is 21.2 Å². The van der Waals surface area contributed by atoms with Crippen molar-refractivity contribution in [2.75, 3.05) is 29.2 Å². The fourth-order valence-corrected chi connectivity index (χ4v) is 3.24. The third kappa shape index (κ3) is 4.04. The van der Waals surface area contributed by atoms with Gasteiger partial charge in [-0.1, -0.05) is 15.9 Å². The number of carbonyl (C=O) groups is 2.